The van der Waals surface area contributed by atoms with Gasteiger partial charge in [0.15, 0.2) is 0 Å². The van der Waals surface area contributed by atoms with E-state index in [9.17, 15) is 31.5 Å². The predicted octanol–water partition coefficient (Wildman–Crippen LogP) is 2.12. The van der Waals surface area contributed by atoms with E-state index in [1.165, 1.54) is 0 Å². The maximum absolute atomic E-state index is 12.4. The third kappa shape index (κ3) is 5.21. The molecular weight excluding hydrogens is 335 g/mol. The summed E-state index contributed by atoms with van der Waals surface area (Å²) in [4.78, 5) is 10.9. The maximum atomic E-state index is 12.4. The van der Waals surface area contributed by atoms with Crippen LogP contribution in [0.5, 0.6) is 0 Å². The minimum atomic E-state index is -5.42. The van der Waals surface area contributed by atoms with Gasteiger partial charge in [0.1, 0.15) is 0 Å². The van der Waals surface area contributed by atoms with Gasteiger partial charge in [-0.3, -0.25) is 4.79 Å². The van der Waals surface area contributed by atoms with Crippen LogP contribution in [0, 0.1) is 5.92 Å². The number of alkyl halides is 3. The quantitative estimate of drug-likeness (QED) is 0.821. The number of sulfone groups is 1. The number of halogens is 3. The van der Waals surface area contributed by atoms with Crippen LogP contribution >= 0.6 is 0 Å². The summed E-state index contributed by atoms with van der Waals surface area (Å²) in [7, 11) is -5.42. The topological polar surface area (TPSA) is 83.5 Å². The van der Waals surface area contributed by atoms with Crippen molar-refractivity contribution in [1.29, 1.82) is 0 Å². The van der Waals surface area contributed by atoms with Crippen LogP contribution < -0.4 is 5.32 Å². The number of aliphatic hydroxyl groups is 1. The largest absolute Gasteiger partial charge is 0.501 e. The molecule has 9 heteroatoms. The number of hydrogen-bond acceptors (Lipinski definition) is 4. The molecule has 1 rings (SSSR count). The lowest BCUT2D eigenvalue weighted by atomic mass is 10.0. The molecule has 2 unspecified atom stereocenters. The average molecular weight is 353 g/mol. The molecule has 1 aromatic rings. The summed E-state index contributed by atoms with van der Waals surface area (Å²) in [6, 6.07) is 3.54. The number of rotatable bonds is 6. The Bertz CT molecular complexity index is 639. The van der Waals surface area contributed by atoms with Crippen LogP contribution in [0.3, 0.4) is 0 Å². The molecule has 0 saturated carbocycles. The molecule has 0 aromatic heterocycles. The van der Waals surface area contributed by atoms with Gasteiger partial charge < -0.3 is 10.4 Å². The summed E-state index contributed by atoms with van der Waals surface area (Å²) in [6.07, 6.45) is -0.0166. The van der Waals surface area contributed by atoms with E-state index in [4.69, 9.17) is 0 Å². The number of carbonyl (C=O) groups is 1. The fraction of sp³-hybridized carbons (Fsp3) is 0.500. The minimum Gasteiger partial charge on any atom is -0.393 e. The Morgan fingerprint density at radius 1 is 1.22 bits per heavy atom. The Morgan fingerprint density at radius 3 is 2.17 bits per heavy atom. The van der Waals surface area contributed by atoms with Crippen LogP contribution in [0.1, 0.15) is 30.6 Å². The molecule has 0 heterocycles. The lowest BCUT2D eigenvalue weighted by Crippen LogP contribution is -2.29. The van der Waals surface area contributed by atoms with Crippen LogP contribution in [-0.2, 0) is 9.84 Å². The van der Waals surface area contributed by atoms with Crippen molar-refractivity contribution in [3.05, 3.63) is 29.8 Å². The Kier molecular flexibility index (Phi) is 6.18. The van der Waals surface area contributed by atoms with Gasteiger partial charge in [0, 0.05) is 12.1 Å². The monoisotopic (exact) mass is 353 g/mol. The lowest BCUT2D eigenvalue weighted by molar-refractivity contribution is -0.0436. The van der Waals surface area contributed by atoms with Crippen molar-refractivity contribution in [2.75, 3.05) is 6.54 Å². The van der Waals surface area contributed by atoms with Crippen molar-refractivity contribution in [2.45, 2.75) is 36.8 Å². The number of nitrogens with one attached hydrogen (secondary N) is 1. The van der Waals surface area contributed by atoms with E-state index < -0.39 is 32.3 Å². The van der Waals surface area contributed by atoms with Crippen LogP contribution in [-0.4, -0.2) is 37.6 Å². The summed E-state index contributed by atoms with van der Waals surface area (Å²) >= 11 is 0. The highest BCUT2D eigenvalue weighted by molar-refractivity contribution is 7.92. The van der Waals surface area contributed by atoms with Crippen LogP contribution in [0.25, 0.3) is 0 Å². The molecule has 5 nitrogen and oxygen atoms in total. The smallest absolute Gasteiger partial charge is 0.393 e. The second kappa shape index (κ2) is 7.31. The molecule has 0 spiro atoms. The zero-order chi connectivity index (χ0) is 17.8. The van der Waals surface area contributed by atoms with E-state index in [1.807, 2.05) is 6.92 Å². The van der Waals surface area contributed by atoms with E-state index in [-0.39, 0.29) is 18.0 Å². The van der Waals surface area contributed by atoms with Gasteiger partial charge >= 0.3 is 5.51 Å². The molecule has 1 aromatic carbocycles. The van der Waals surface area contributed by atoms with Crippen molar-refractivity contribution < 1.29 is 31.5 Å². The number of carbonyl (C=O) groups excluding carboxylic acids is 1. The van der Waals surface area contributed by atoms with Crippen molar-refractivity contribution in [1.82, 2.24) is 5.32 Å². The van der Waals surface area contributed by atoms with Gasteiger partial charge in [-0.05, 0) is 43.5 Å². The van der Waals surface area contributed by atoms with Crippen molar-refractivity contribution in [2.24, 2.45) is 5.92 Å². The van der Waals surface area contributed by atoms with Crippen LogP contribution in [0.4, 0.5) is 13.2 Å². The van der Waals surface area contributed by atoms with Gasteiger partial charge in [-0.2, -0.15) is 13.2 Å². The summed E-state index contributed by atoms with van der Waals surface area (Å²) in [5, 5.41) is 11.8. The van der Waals surface area contributed by atoms with Crippen LogP contribution in [0.15, 0.2) is 29.2 Å². The molecule has 0 radical (unpaired) electrons. The summed E-state index contributed by atoms with van der Waals surface area (Å²) in [5.74, 6) is -0.512. The van der Waals surface area contributed by atoms with Gasteiger partial charge in [0.25, 0.3) is 15.7 Å². The first-order valence-electron chi connectivity index (χ1n) is 6.83. The van der Waals surface area contributed by atoms with E-state index in [2.05, 4.69) is 5.32 Å². The summed E-state index contributed by atoms with van der Waals surface area (Å²) in [6.45, 7) is 3.73. The van der Waals surface area contributed by atoms with Gasteiger partial charge in [-0.25, -0.2) is 8.42 Å². The van der Waals surface area contributed by atoms with Gasteiger partial charge in [0.2, 0.25) is 0 Å². The third-order valence-corrected chi connectivity index (χ3v) is 4.59. The van der Waals surface area contributed by atoms with E-state index in [0.29, 0.717) is 6.42 Å². The zero-order valence-corrected chi connectivity index (χ0v) is 13.4. The number of amides is 1. The summed E-state index contributed by atoms with van der Waals surface area (Å²) in [5.41, 5.74) is -5.33. The highest BCUT2D eigenvalue weighted by atomic mass is 32.2. The predicted molar refractivity (Wildman–Crippen MR) is 77.5 cm³/mol. The SMILES string of the molecule is CC(O)CC(C)CNC(=O)c1ccc(S(=O)(=O)C(F)(F)F)cc1. The lowest BCUT2D eigenvalue weighted by Gasteiger charge is -2.14. The molecule has 0 fully saturated rings. The van der Waals surface area contributed by atoms with Gasteiger partial charge in [-0.1, -0.05) is 6.92 Å². The second-order valence-corrected chi connectivity index (χ2v) is 7.31. The molecule has 0 aliphatic carbocycles. The Labute approximate surface area is 132 Å². The second-order valence-electron chi connectivity index (χ2n) is 5.37. The molecular formula is C14H18F3NO4S. The van der Waals surface area contributed by atoms with Crippen molar-refractivity contribution in [3.8, 4) is 0 Å². The molecule has 0 aliphatic heterocycles. The maximum Gasteiger partial charge on any atom is 0.501 e. The highest BCUT2D eigenvalue weighted by Gasteiger charge is 2.46. The highest BCUT2D eigenvalue weighted by Crippen LogP contribution is 2.30. The Hall–Kier alpha value is -1.61. The molecule has 2 atom stereocenters. The molecule has 1 amide bonds. The average Bonchev–Trinajstić information content (AvgIpc) is 2.43. The van der Waals surface area contributed by atoms with E-state index >= 15 is 0 Å². The van der Waals surface area contributed by atoms with Gasteiger partial charge in [0.05, 0.1) is 11.0 Å². The number of benzene rings is 1. The molecule has 23 heavy (non-hydrogen) atoms. The fourth-order valence-corrected chi connectivity index (χ4v) is 2.72. The third-order valence-electron chi connectivity index (χ3n) is 3.09. The standard InChI is InChI=1S/C14H18F3NO4S/c1-9(7-10(2)19)8-18-13(20)11-3-5-12(6-4-11)23(21,22)14(15,16)17/h3-6,9-10,19H,7-8H2,1-2H3,(H,18,20). The first-order valence-corrected chi connectivity index (χ1v) is 8.31. The normalized spacial score (nSPS) is 15.0. The molecule has 0 aliphatic rings. The Morgan fingerprint density at radius 2 is 1.74 bits per heavy atom. The van der Waals surface area contributed by atoms with E-state index in [0.717, 1.165) is 24.3 Å². The number of aliphatic hydroxyl groups excluding tert-OH is 1. The minimum absolute atomic E-state index is 0.0174. The first-order chi connectivity index (χ1) is 10.4. The summed E-state index contributed by atoms with van der Waals surface area (Å²) < 4.78 is 59.6. The molecule has 130 valence electrons. The Balaban J connectivity index is 2.76. The van der Waals surface area contributed by atoms with Gasteiger partial charge in [-0.15, -0.1) is 0 Å². The number of hydrogen-bond donors (Lipinski definition) is 2. The zero-order valence-electron chi connectivity index (χ0n) is 12.6. The first kappa shape index (κ1) is 19.4. The molecule has 2 N–H and O–H groups in total. The van der Waals surface area contributed by atoms with Crippen molar-refractivity contribution >= 4 is 15.7 Å². The van der Waals surface area contributed by atoms with Crippen molar-refractivity contribution in [3.63, 3.8) is 0 Å². The molecule has 0 bridgehead atoms. The fourth-order valence-electron chi connectivity index (χ4n) is 1.95. The van der Waals surface area contributed by atoms with Crippen LogP contribution in [0.2, 0.25) is 0 Å². The molecule has 0 saturated heterocycles. The van der Waals surface area contributed by atoms with E-state index in [1.54, 1.807) is 6.92 Å².